The second-order valence-electron chi connectivity index (χ2n) is 3.54. The van der Waals surface area contributed by atoms with Gasteiger partial charge in [0.2, 0.25) is 0 Å². The number of thioether (sulfide) groups is 1. The zero-order chi connectivity index (χ0) is 10.8. The molecule has 0 N–H and O–H groups in total. The minimum absolute atomic E-state index is 0.624. The molecule has 5 heteroatoms. The van der Waals surface area contributed by atoms with Gasteiger partial charge in [-0.3, -0.25) is 0 Å². The van der Waals surface area contributed by atoms with E-state index in [-0.39, 0.29) is 0 Å². The highest BCUT2D eigenvalue weighted by Crippen LogP contribution is 2.42. The minimum Gasteiger partial charge on any atom is -0.236 e. The van der Waals surface area contributed by atoms with Crippen molar-refractivity contribution in [3.05, 3.63) is 20.2 Å². The normalized spacial score (nSPS) is 15.7. The summed E-state index contributed by atoms with van der Waals surface area (Å²) in [4.78, 5) is 8.92. The molecule has 15 heavy (non-hydrogen) atoms. The molecule has 0 aromatic carbocycles. The second kappa shape index (κ2) is 5.19. The summed E-state index contributed by atoms with van der Waals surface area (Å²) in [6.45, 7) is 2.14. The first-order valence-electron chi connectivity index (χ1n) is 5.02. The topological polar surface area (TPSA) is 25.8 Å². The van der Waals surface area contributed by atoms with Gasteiger partial charge < -0.3 is 0 Å². The summed E-state index contributed by atoms with van der Waals surface area (Å²) in [5.74, 6) is 3.48. The van der Waals surface area contributed by atoms with Crippen LogP contribution in [0, 0.1) is 3.57 Å². The Kier molecular flexibility index (Phi) is 4.12. The van der Waals surface area contributed by atoms with Crippen LogP contribution in [0.3, 0.4) is 0 Å². The maximum atomic E-state index is 6.10. The Morgan fingerprint density at radius 3 is 2.80 bits per heavy atom. The summed E-state index contributed by atoms with van der Waals surface area (Å²) in [6, 6.07) is 0. The molecule has 1 fully saturated rings. The van der Waals surface area contributed by atoms with Gasteiger partial charge in [-0.2, -0.15) is 11.8 Å². The summed E-state index contributed by atoms with van der Waals surface area (Å²) < 4.78 is 1.04. The lowest BCUT2D eigenvalue weighted by Crippen LogP contribution is -2.01. The van der Waals surface area contributed by atoms with Gasteiger partial charge in [-0.05, 0) is 41.2 Å². The summed E-state index contributed by atoms with van der Waals surface area (Å²) in [6.07, 6.45) is 2.51. The lowest BCUT2D eigenvalue weighted by atomic mass is 10.3. The Morgan fingerprint density at radius 1 is 1.47 bits per heavy atom. The zero-order valence-electron chi connectivity index (χ0n) is 8.46. The fourth-order valence-corrected chi connectivity index (χ4v) is 2.76. The molecule has 0 spiro atoms. The van der Waals surface area contributed by atoms with E-state index in [9.17, 15) is 0 Å². The predicted octanol–water partition coefficient (Wildman–Crippen LogP) is 3.87. The fourth-order valence-electron chi connectivity index (χ4n) is 1.37. The summed E-state index contributed by atoms with van der Waals surface area (Å²) in [5, 5.41) is 0.624. The van der Waals surface area contributed by atoms with Crippen molar-refractivity contribution < 1.29 is 0 Å². The van der Waals surface area contributed by atoms with Crippen molar-refractivity contribution >= 4 is 46.0 Å². The largest absolute Gasteiger partial charge is 0.236 e. The molecule has 1 aromatic heterocycles. The van der Waals surface area contributed by atoms with Crippen LogP contribution in [0.4, 0.5) is 0 Å². The summed E-state index contributed by atoms with van der Waals surface area (Å²) in [5.41, 5.74) is 1.17. The van der Waals surface area contributed by atoms with Gasteiger partial charge in [0, 0.05) is 5.92 Å². The van der Waals surface area contributed by atoms with E-state index in [0.717, 1.165) is 20.9 Å². The highest BCUT2D eigenvalue weighted by atomic mass is 127. The van der Waals surface area contributed by atoms with Crippen LogP contribution in [0.5, 0.6) is 0 Å². The van der Waals surface area contributed by atoms with E-state index in [2.05, 4.69) is 39.5 Å². The monoisotopic (exact) mass is 354 g/mol. The molecule has 0 aliphatic heterocycles. The van der Waals surface area contributed by atoms with Gasteiger partial charge in [-0.1, -0.05) is 18.5 Å². The molecular formula is C10H12ClIN2S. The van der Waals surface area contributed by atoms with Gasteiger partial charge in [-0.25, -0.2) is 9.97 Å². The van der Waals surface area contributed by atoms with Crippen molar-refractivity contribution in [1.82, 2.24) is 9.97 Å². The van der Waals surface area contributed by atoms with Crippen LogP contribution in [-0.2, 0) is 5.75 Å². The standard InChI is InChI=1S/C10H12ClIN2S/c1-2-15-5-7-13-9(6-3-4-6)8(12)10(11)14-7/h6H,2-5H2,1H3. The molecule has 1 saturated carbocycles. The van der Waals surface area contributed by atoms with Crippen molar-refractivity contribution in [2.45, 2.75) is 31.4 Å². The van der Waals surface area contributed by atoms with Crippen molar-refractivity contribution in [2.75, 3.05) is 5.75 Å². The first kappa shape index (κ1) is 11.9. The minimum atomic E-state index is 0.624. The average molecular weight is 355 g/mol. The first-order chi connectivity index (χ1) is 7.22. The molecular weight excluding hydrogens is 343 g/mol. The lowest BCUT2D eigenvalue weighted by Gasteiger charge is -2.06. The van der Waals surface area contributed by atoms with Crippen LogP contribution >= 0.6 is 46.0 Å². The fraction of sp³-hybridized carbons (Fsp3) is 0.600. The Balaban J connectivity index is 2.24. The molecule has 1 aliphatic rings. The van der Waals surface area contributed by atoms with Crippen LogP contribution in [0.25, 0.3) is 0 Å². The molecule has 0 bridgehead atoms. The molecule has 0 saturated heterocycles. The van der Waals surface area contributed by atoms with Crippen molar-refractivity contribution in [3.63, 3.8) is 0 Å². The van der Waals surface area contributed by atoms with Crippen molar-refractivity contribution in [3.8, 4) is 0 Å². The van der Waals surface area contributed by atoms with Crippen LogP contribution in [0.2, 0.25) is 5.15 Å². The van der Waals surface area contributed by atoms with Crippen LogP contribution < -0.4 is 0 Å². The SMILES string of the molecule is CCSCc1nc(Cl)c(I)c(C2CC2)n1. The molecule has 2 rings (SSSR count). The third-order valence-corrected chi connectivity index (χ3v) is 4.81. The van der Waals surface area contributed by atoms with E-state index in [1.165, 1.54) is 18.5 Å². The zero-order valence-corrected chi connectivity index (χ0v) is 12.2. The van der Waals surface area contributed by atoms with Crippen LogP contribution in [-0.4, -0.2) is 15.7 Å². The molecule has 1 heterocycles. The first-order valence-corrected chi connectivity index (χ1v) is 7.63. The maximum absolute atomic E-state index is 6.10. The van der Waals surface area contributed by atoms with Gasteiger partial charge in [0.25, 0.3) is 0 Å². The number of aromatic nitrogens is 2. The molecule has 0 amide bonds. The number of halogens is 2. The number of rotatable bonds is 4. The molecule has 0 radical (unpaired) electrons. The van der Waals surface area contributed by atoms with E-state index in [4.69, 9.17) is 11.6 Å². The van der Waals surface area contributed by atoms with Crippen molar-refractivity contribution in [2.24, 2.45) is 0 Å². The van der Waals surface area contributed by atoms with E-state index < -0.39 is 0 Å². The third kappa shape index (κ3) is 2.97. The Labute approximate surface area is 113 Å². The predicted molar refractivity (Wildman–Crippen MR) is 73.6 cm³/mol. The highest BCUT2D eigenvalue weighted by Gasteiger charge is 2.28. The van der Waals surface area contributed by atoms with E-state index in [0.29, 0.717) is 11.1 Å². The number of nitrogens with zero attached hydrogens (tertiary/aromatic N) is 2. The van der Waals surface area contributed by atoms with Gasteiger partial charge in [-0.15, -0.1) is 0 Å². The second-order valence-corrected chi connectivity index (χ2v) is 6.25. The van der Waals surface area contributed by atoms with E-state index >= 15 is 0 Å². The van der Waals surface area contributed by atoms with Crippen LogP contribution in [0.1, 0.15) is 37.2 Å². The van der Waals surface area contributed by atoms with Gasteiger partial charge in [0.1, 0.15) is 11.0 Å². The summed E-state index contributed by atoms with van der Waals surface area (Å²) >= 11 is 10.2. The Hall–Kier alpha value is 0.450. The number of hydrogen-bond donors (Lipinski definition) is 0. The van der Waals surface area contributed by atoms with Crippen molar-refractivity contribution in [1.29, 1.82) is 0 Å². The van der Waals surface area contributed by atoms with Gasteiger partial charge in [0.15, 0.2) is 0 Å². The van der Waals surface area contributed by atoms with Crippen LogP contribution in [0.15, 0.2) is 0 Å². The lowest BCUT2D eigenvalue weighted by molar-refractivity contribution is 0.918. The van der Waals surface area contributed by atoms with Gasteiger partial charge in [0.05, 0.1) is 15.0 Å². The third-order valence-electron chi connectivity index (χ3n) is 2.28. The van der Waals surface area contributed by atoms with E-state index in [1.54, 1.807) is 0 Å². The quantitative estimate of drug-likeness (QED) is 0.606. The molecule has 1 aromatic rings. The van der Waals surface area contributed by atoms with E-state index in [1.807, 2.05) is 11.8 Å². The molecule has 0 unspecified atom stereocenters. The maximum Gasteiger partial charge on any atom is 0.146 e. The molecule has 0 atom stereocenters. The number of hydrogen-bond acceptors (Lipinski definition) is 3. The summed E-state index contributed by atoms with van der Waals surface area (Å²) in [7, 11) is 0. The highest BCUT2D eigenvalue weighted by molar-refractivity contribution is 14.1. The molecule has 1 aliphatic carbocycles. The average Bonchev–Trinajstić information content (AvgIpc) is 3.03. The molecule has 2 nitrogen and oxygen atoms in total. The molecule has 82 valence electrons. The Morgan fingerprint density at radius 2 is 2.20 bits per heavy atom. The van der Waals surface area contributed by atoms with Gasteiger partial charge >= 0.3 is 0 Å². The smallest absolute Gasteiger partial charge is 0.146 e. The Bertz CT molecular complexity index is 369.